The van der Waals surface area contributed by atoms with Gasteiger partial charge in [0.15, 0.2) is 0 Å². The molecule has 3 rings (SSSR count). The number of hydrogen-bond acceptors (Lipinski definition) is 4. The fraction of sp³-hybridized carbons (Fsp3) is 0.381. The number of alkyl halides is 3. The van der Waals surface area contributed by atoms with Crippen LogP contribution in [-0.4, -0.2) is 38.8 Å². The number of aryl methyl sites for hydroxylation is 1. The summed E-state index contributed by atoms with van der Waals surface area (Å²) in [6.45, 7) is 1.90. The van der Waals surface area contributed by atoms with Gasteiger partial charge in [0.1, 0.15) is 5.75 Å². The molecule has 0 aliphatic carbocycles. The molecule has 0 saturated carbocycles. The number of anilines is 1. The Labute approximate surface area is 189 Å². The Morgan fingerprint density at radius 2 is 1.94 bits per heavy atom. The van der Waals surface area contributed by atoms with Crippen LogP contribution in [0.5, 0.6) is 5.75 Å². The van der Waals surface area contributed by atoms with E-state index in [1.165, 1.54) is 29.6 Å². The van der Waals surface area contributed by atoms with Crippen molar-refractivity contribution in [1.29, 1.82) is 0 Å². The van der Waals surface area contributed by atoms with E-state index < -0.39 is 38.6 Å². The first-order valence-electron chi connectivity index (χ1n) is 9.76. The maximum absolute atomic E-state index is 13.1. The minimum atomic E-state index is -4.66. The van der Waals surface area contributed by atoms with E-state index in [-0.39, 0.29) is 23.7 Å². The second kappa shape index (κ2) is 9.29. The Morgan fingerprint density at radius 3 is 2.56 bits per heavy atom. The van der Waals surface area contributed by atoms with Crippen LogP contribution in [0.4, 0.5) is 18.9 Å². The van der Waals surface area contributed by atoms with Gasteiger partial charge in [-0.3, -0.25) is 4.79 Å². The molecule has 1 aliphatic heterocycles. The van der Waals surface area contributed by atoms with Gasteiger partial charge in [-0.15, -0.1) is 0 Å². The molecule has 2 aromatic carbocycles. The summed E-state index contributed by atoms with van der Waals surface area (Å²) in [7, 11) is -2.36. The molecule has 0 radical (unpaired) electrons. The Balaban J connectivity index is 1.76. The highest BCUT2D eigenvalue weighted by Crippen LogP contribution is 2.36. The molecule has 1 fully saturated rings. The number of benzene rings is 2. The summed E-state index contributed by atoms with van der Waals surface area (Å²) in [5.41, 5.74) is -0.458. The van der Waals surface area contributed by atoms with Gasteiger partial charge in [0, 0.05) is 18.8 Å². The highest BCUT2D eigenvalue weighted by molar-refractivity contribution is 7.89. The van der Waals surface area contributed by atoms with Crippen LogP contribution in [0.15, 0.2) is 41.3 Å². The number of methoxy groups -OCH3 is 1. The first kappa shape index (κ1) is 24.3. The Bertz CT molecular complexity index is 1120. The van der Waals surface area contributed by atoms with Gasteiger partial charge in [-0.25, -0.2) is 8.42 Å². The zero-order valence-corrected chi connectivity index (χ0v) is 18.9. The second-order valence-electron chi connectivity index (χ2n) is 7.52. The van der Waals surface area contributed by atoms with Crippen molar-refractivity contribution in [3.8, 4) is 5.75 Å². The van der Waals surface area contributed by atoms with Crippen LogP contribution in [0.25, 0.3) is 0 Å². The van der Waals surface area contributed by atoms with Gasteiger partial charge < -0.3 is 10.1 Å². The summed E-state index contributed by atoms with van der Waals surface area (Å²) in [5, 5.41) is 1.98. The first-order valence-corrected chi connectivity index (χ1v) is 11.6. The molecule has 32 heavy (non-hydrogen) atoms. The number of rotatable bonds is 5. The molecule has 1 heterocycles. The first-order chi connectivity index (χ1) is 14.9. The lowest BCUT2D eigenvalue weighted by molar-refractivity contribution is -0.137. The number of hydrogen-bond donors (Lipinski definition) is 1. The van der Waals surface area contributed by atoms with Crippen LogP contribution in [0, 0.1) is 12.8 Å². The van der Waals surface area contributed by atoms with E-state index >= 15 is 0 Å². The molecule has 1 aliphatic rings. The summed E-state index contributed by atoms with van der Waals surface area (Å²) in [4.78, 5) is 12.8. The van der Waals surface area contributed by atoms with Crippen LogP contribution in [0.2, 0.25) is 5.02 Å². The standard InChI is InChI=1S/C21H22ClF3N2O4S/c1-13-10-16(6-8-19(13)31-2)32(29,30)27-9-3-4-14(12-27)20(28)26-15-5-7-18(22)17(11-15)21(23,24)25/h5-8,10-11,14H,3-4,9,12H2,1-2H3,(H,26,28)/t14-/m0/s1. The van der Waals surface area contributed by atoms with E-state index in [0.29, 0.717) is 24.2 Å². The molecule has 1 atom stereocenters. The lowest BCUT2D eigenvalue weighted by atomic mass is 9.98. The Kier molecular flexibility index (Phi) is 7.06. The third-order valence-electron chi connectivity index (χ3n) is 5.30. The molecule has 0 aromatic heterocycles. The number of amides is 1. The van der Waals surface area contributed by atoms with E-state index in [4.69, 9.17) is 16.3 Å². The predicted octanol–water partition coefficient (Wildman–Crippen LogP) is 4.72. The van der Waals surface area contributed by atoms with Crippen LogP contribution in [-0.2, 0) is 21.0 Å². The Hall–Kier alpha value is -2.30. The van der Waals surface area contributed by atoms with E-state index in [1.807, 2.05) is 0 Å². The molecule has 6 nitrogen and oxygen atoms in total. The van der Waals surface area contributed by atoms with Gasteiger partial charge in [0.05, 0.1) is 28.5 Å². The van der Waals surface area contributed by atoms with Gasteiger partial charge in [-0.2, -0.15) is 17.5 Å². The summed E-state index contributed by atoms with van der Waals surface area (Å²) in [6, 6.07) is 7.60. The predicted molar refractivity (Wildman–Crippen MR) is 114 cm³/mol. The monoisotopic (exact) mass is 490 g/mol. The van der Waals surface area contributed by atoms with Gasteiger partial charge in [-0.1, -0.05) is 11.6 Å². The van der Waals surface area contributed by atoms with Crippen molar-refractivity contribution in [3.63, 3.8) is 0 Å². The number of nitrogens with one attached hydrogen (secondary N) is 1. The molecule has 0 bridgehead atoms. The fourth-order valence-corrected chi connectivity index (χ4v) is 5.43. The van der Waals surface area contributed by atoms with Crippen molar-refractivity contribution < 1.29 is 31.1 Å². The normalized spacial score (nSPS) is 17.8. The minimum Gasteiger partial charge on any atom is -0.496 e. The Morgan fingerprint density at radius 1 is 1.22 bits per heavy atom. The smallest absolute Gasteiger partial charge is 0.417 e. The van der Waals surface area contributed by atoms with E-state index in [0.717, 1.165) is 12.1 Å². The number of nitrogens with zero attached hydrogens (tertiary/aromatic N) is 1. The molecular weight excluding hydrogens is 469 g/mol. The maximum Gasteiger partial charge on any atom is 0.417 e. The van der Waals surface area contributed by atoms with Crippen molar-refractivity contribution in [2.45, 2.75) is 30.8 Å². The molecule has 11 heteroatoms. The number of piperidine rings is 1. The number of halogens is 4. The van der Waals surface area contributed by atoms with Gasteiger partial charge in [-0.05, 0) is 61.7 Å². The molecule has 1 saturated heterocycles. The number of ether oxygens (including phenoxy) is 1. The van der Waals surface area contributed by atoms with Crippen LogP contribution in [0.1, 0.15) is 24.0 Å². The summed E-state index contributed by atoms with van der Waals surface area (Å²) < 4.78 is 71.7. The quantitative estimate of drug-likeness (QED) is 0.658. The molecule has 0 unspecified atom stereocenters. The fourth-order valence-electron chi connectivity index (χ4n) is 3.60. The zero-order chi connectivity index (χ0) is 23.7. The van der Waals surface area contributed by atoms with Gasteiger partial charge >= 0.3 is 6.18 Å². The third-order valence-corrected chi connectivity index (χ3v) is 7.49. The van der Waals surface area contributed by atoms with Crippen molar-refractivity contribution in [3.05, 3.63) is 52.5 Å². The van der Waals surface area contributed by atoms with Gasteiger partial charge in [0.2, 0.25) is 15.9 Å². The zero-order valence-electron chi connectivity index (χ0n) is 17.4. The summed E-state index contributed by atoms with van der Waals surface area (Å²) in [5.74, 6) is -0.699. The minimum absolute atomic E-state index is 0.0579. The van der Waals surface area contributed by atoms with Crippen molar-refractivity contribution in [2.24, 2.45) is 5.92 Å². The molecule has 1 N–H and O–H groups in total. The lowest BCUT2D eigenvalue weighted by Crippen LogP contribution is -2.43. The van der Waals surface area contributed by atoms with Crippen molar-refractivity contribution in [1.82, 2.24) is 4.31 Å². The highest BCUT2D eigenvalue weighted by Gasteiger charge is 2.35. The third kappa shape index (κ3) is 5.19. The lowest BCUT2D eigenvalue weighted by Gasteiger charge is -2.31. The number of carbonyl (C=O) groups is 1. The van der Waals surface area contributed by atoms with E-state index in [9.17, 15) is 26.4 Å². The summed E-state index contributed by atoms with van der Waals surface area (Å²) in [6.07, 6.45) is -3.80. The molecule has 2 aromatic rings. The van der Waals surface area contributed by atoms with E-state index in [2.05, 4.69) is 5.32 Å². The maximum atomic E-state index is 13.1. The molecule has 174 valence electrons. The van der Waals surface area contributed by atoms with Crippen molar-refractivity contribution in [2.75, 3.05) is 25.5 Å². The summed E-state index contributed by atoms with van der Waals surface area (Å²) >= 11 is 5.61. The SMILES string of the molecule is COc1ccc(S(=O)(=O)N2CCC[C@H](C(=O)Nc3ccc(Cl)c(C(F)(F)F)c3)C2)cc1C. The molecule has 1 amide bonds. The number of sulfonamides is 1. The van der Waals surface area contributed by atoms with Crippen LogP contribution in [0.3, 0.4) is 0 Å². The average Bonchev–Trinajstić information content (AvgIpc) is 2.74. The van der Waals surface area contributed by atoms with Gasteiger partial charge in [0.25, 0.3) is 0 Å². The highest BCUT2D eigenvalue weighted by atomic mass is 35.5. The second-order valence-corrected chi connectivity index (χ2v) is 9.86. The van der Waals surface area contributed by atoms with Crippen LogP contribution < -0.4 is 10.1 Å². The van der Waals surface area contributed by atoms with Crippen molar-refractivity contribution >= 4 is 33.2 Å². The molecular formula is C21H22ClF3N2O4S. The molecule has 0 spiro atoms. The largest absolute Gasteiger partial charge is 0.496 e. The van der Waals surface area contributed by atoms with Crippen LogP contribution >= 0.6 is 11.6 Å². The average molecular weight is 491 g/mol. The topological polar surface area (TPSA) is 75.7 Å². The van der Waals surface area contributed by atoms with E-state index in [1.54, 1.807) is 13.0 Å². The number of carbonyl (C=O) groups excluding carboxylic acids is 1.